The van der Waals surface area contributed by atoms with Crippen molar-refractivity contribution in [2.45, 2.75) is 20.0 Å². The lowest BCUT2D eigenvalue weighted by Gasteiger charge is -2.11. The van der Waals surface area contributed by atoms with Crippen LogP contribution in [0.1, 0.15) is 18.2 Å². The van der Waals surface area contributed by atoms with Gasteiger partial charge in [-0.3, -0.25) is 4.79 Å². The van der Waals surface area contributed by atoms with Gasteiger partial charge in [-0.25, -0.2) is 4.99 Å². The number of fused-ring (bicyclic) bond motifs is 1. The Balaban J connectivity index is 1.49. The van der Waals surface area contributed by atoms with Crippen LogP contribution in [-0.2, 0) is 17.9 Å². The van der Waals surface area contributed by atoms with E-state index in [1.54, 1.807) is 12.3 Å². The molecule has 1 aromatic heterocycles. The van der Waals surface area contributed by atoms with Gasteiger partial charge < -0.3 is 29.8 Å². The van der Waals surface area contributed by atoms with E-state index in [9.17, 15) is 4.79 Å². The average molecular weight is 358 g/mol. The lowest BCUT2D eigenvalue weighted by Crippen LogP contribution is -2.43. The molecule has 138 valence electrons. The van der Waals surface area contributed by atoms with Crippen molar-refractivity contribution in [1.29, 1.82) is 0 Å². The van der Waals surface area contributed by atoms with Gasteiger partial charge in [0, 0.05) is 6.54 Å². The van der Waals surface area contributed by atoms with E-state index in [0.717, 1.165) is 17.1 Å². The van der Waals surface area contributed by atoms with Crippen LogP contribution < -0.4 is 25.4 Å². The summed E-state index contributed by atoms with van der Waals surface area (Å²) in [7, 11) is 0. The van der Waals surface area contributed by atoms with Crippen molar-refractivity contribution in [2.75, 3.05) is 19.9 Å². The molecule has 0 saturated carbocycles. The van der Waals surface area contributed by atoms with Gasteiger partial charge in [0.25, 0.3) is 0 Å². The Morgan fingerprint density at radius 3 is 2.85 bits per heavy atom. The summed E-state index contributed by atoms with van der Waals surface area (Å²) in [4.78, 5) is 16.4. The van der Waals surface area contributed by atoms with Crippen LogP contribution in [0.2, 0.25) is 0 Å². The Morgan fingerprint density at radius 1 is 1.15 bits per heavy atom. The topological polar surface area (TPSA) is 97.1 Å². The zero-order chi connectivity index (χ0) is 18.2. The third-order valence-electron chi connectivity index (χ3n) is 3.66. The molecule has 1 amide bonds. The molecule has 3 N–H and O–H groups in total. The quantitative estimate of drug-likeness (QED) is 0.511. The molecule has 0 bridgehead atoms. The fourth-order valence-corrected chi connectivity index (χ4v) is 2.38. The first kappa shape index (κ1) is 17.7. The lowest BCUT2D eigenvalue weighted by molar-refractivity contribution is -0.120. The summed E-state index contributed by atoms with van der Waals surface area (Å²) in [5, 5.41) is 8.90. The fourth-order valence-electron chi connectivity index (χ4n) is 2.38. The van der Waals surface area contributed by atoms with Crippen LogP contribution in [0.5, 0.6) is 11.5 Å². The van der Waals surface area contributed by atoms with Gasteiger partial charge in [0.1, 0.15) is 5.76 Å². The predicted molar refractivity (Wildman–Crippen MR) is 95.9 cm³/mol. The number of amides is 1. The predicted octanol–water partition coefficient (Wildman–Crippen LogP) is 1.38. The Bertz CT molecular complexity index is 759. The molecule has 0 unspecified atom stereocenters. The van der Waals surface area contributed by atoms with Crippen molar-refractivity contribution < 1.29 is 18.7 Å². The molecule has 0 radical (unpaired) electrons. The van der Waals surface area contributed by atoms with E-state index in [-0.39, 0.29) is 19.2 Å². The van der Waals surface area contributed by atoms with Crippen molar-refractivity contribution >= 4 is 11.9 Å². The second kappa shape index (κ2) is 8.80. The molecule has 0 saturated heterocycles. The van der Waals surface area contributed by atoms with Gasteiger partial charge in [-0.2, -0.15) is 0 Å². The summed E-state index contributed by atoms with van der Waals surface area (Å²) in [5.74, 6) is 2.61. The monoisotopic (exact) mass is 358 g/mol. The van der Waals surface area contributed by atoms with Crippen LogP contribution in [-0.4, -0.2) is 31.7 Å². The smallest absolute Gasteiger partial charge is 0.239 e. The van der Waals surface area contributed by atoms with Gasteiger partial charge in [-0.05, 0) is 36.8 Å². The van der Waals surface area contributed by atoms with Crippen molar-refractivity contribution in [1.82, 2.24) is 16.0 Å². The highest BCUT2D eigenvalue weighted by Gasteiger charge is 2.13. The Morgan fingerprint density at radius 2 is 2.04 bits per heavy atom. The maximum atomic E-state index is 11.9. The van der Waals surface area contributed by atoms with E-state index in [0.29, 0.717) is 31.4 Å². The van der Waals surface area contributed by atoms with Crippen LogP contribution in [0.25, 0.3) is 0 Å². The van der Waals surface area contributed by atoms with Gasteiger partial charge in [0.05, 0.1) is 25.9 Å². The lowest BCUT2D eigenvalue weighted by atomic mass is 10.2. The summed E-state index contributed by atoms with van der Waals surface area (Å²) in [6.45, 7) is 3.85. The first-order valence-electron chi connectivity index (χ1n) is 8.44. The number of carbonyl (C=O) groups excluding carboxylic acids is 1. The minimum atomic E-state index is -0.143. The van der Waals surface area contributed by atoms with E-state index < -0.39 is 0 Å². The third kappa shape index (κ3) is 4.92. The molecule has 2 aromatic rings. The number of benzene rings is 1. The zero-order valence-corrected chi connectivity index (χ0v) is 14.6. The van der Waals surface area contributed by atoms with Crippen molar-refractivity contribution in [3.05, 3.63) is 47.9 Å². The molecule has 8 nitrogen and oxygen atoms in total. The van der Waals surface area contributed by atoms with E-state index in [1.807, 2.05) is 31.2 Å². The summed E-state index contributed by atoms with van der Waals surface area (Å²) >= 11 is 0. The van der Waals surface area contributed by atoms with Crippen molar-refractivity contribution in [2.24, 2.45) is 4.99 Å². The molecule has 3 rings (SSSR count). The third-order valence-corrected chi connectivity index (χ3v) is 3.66. The number of hydrogen-bond acceptors (Lipinski definition) is 5. The molecule has 1 aliphatic rings. The minimum Gasteiger partial charge on any atom is -0.467 e. The maximum Gasteiger partial charge on any atom is 0.239 e. The highest BCUT2D eigenvalue weighted by atomic mass is 16.7. The number of nitrogens with one attached hydrogen (secondary N) is 3. The van der Waals surface area contributed by atoms with Gasteiger partial charge in [-0.15, -0.1) is 0 Å². The first-order valence-corrected chi connectivity index (χ1v) is 8.44. The zero-order valence-electron chi connectivity index (χ0n) is 14.6. The number of furan rings is 1. The average Bonchev–Trinajstić information content (AvgIpc) is 3.33. The Hall–Kier alpha value is -3.16. The van der Waals surface area contributed by atoms with Crippen molar-refractivity contribution in [3.8, 4) is 11.5 Å². The minimum absolute atomic E-state index is 0.119. The summed E-state index contributed by atoms with van der Waals surface area (Å²) in [5.41, 5.74) is 0.994. The highest BCUT2D eigenvalue weighted by molar-refractivity contribution is 5.86. The number of nitrogens with zero attached hydrogens (tertiary/aromatic N) is 1. The molecule has 0 aliphatic carbocycles. The fraction of sp³-hybridized carbons (Fsp3) is 0.333. The number of carbonyl (C=O) groups is 1. The molecular formula is C18H22N4O4. The number of rotatable bonds is 7. The molecule has 1 aromatic carbocycles. The Kier molecular flexibility index (Phi) is 5.97. The van der Waals surface area contributed by atoms with E-state index in [2.05, 4.69) is 20.9 Å². The standard InChI is InChI=1S/C18H22N4O4/c1-2-19-18(22-11-17(23)20-10-14-4-3-7-24-14)21-9-13-5-6-15-16(8-13)26-12-25-15/h3-8H,2,9-12H2,1H3,(H,20,23)(H2,19,21,22). The van der Waals surface area contributed by atoms with Gasteiger partial charge >= 0.3 is 0 Å². The van der Waals surface area contributed by atoms with Gasteiger partial charge in [0.2, 0.25) is 12.7 Å². The maximum absolute atomic E-state index is 11.9. The molecule has 0 spiro atoms. The summed E-state index contributed by atoms with van der Waals surface area (Å²) in [6, 6.07) is 9.31. The first-order chi connectivity index (χ1) is 12.7. The van der Waals surface area contributed by atoms with Crippen LogP contribution in [0.3, 0.4) is 0 Å². The second-order valence-corrected chi connectivity index (χ2v) is 5.59. The molecule has 2 heterocycles. The molecular weight excluding hydrogens is 336 g/mol. The normalized spacial score (nSPS) is 12.7. The van der Waals surface area contributed by atoms with Crippen LogP contribution >= 0.6 is 0 Å². The molecule has 0 fully saturated rings. The number of guanidine groups is 1. The van der Waals surface area contributed by atoms with Gasteiger partial charge in [0.15, 0.2) is 17.5 Å². The van der Waals surface area contributed by atoms with Gasteiger partial charge in [-0.1, -0.05) is 6.07 Å². The van der Waals surface area contributed by atoms with Crippen LogP contribution in [0.15, 0.2) is 46.0 Å². The Labute approximate surface area is 151 Å². The highest BCUT2D eigenvalue weighted by Crippen LogP contribution is 2.32. The molecule has 8 heteroatoms. The van der Waals surface area contributed by atoms with E-state index in [4.69, 9.17) is 13.9 Å². The van der Waals surface area contributed by atoms with Crippen molar-refractivity contribution in [3.63, 3.8) is 0 Å². The summed E-state index contributed by atoms with van der Waals surface area (Å²) in [6.07, 6.45) is 1.58. The second-order valence-electron chi connectivity index (χ2n) is 5.59. The van der Waals surface area contributed by atoms with Crippen LogP contribution in [0.4, 0.5) is 0 Å². The van der Waals surface area contributed by atoms with E-state index in [1.165, 1.54) is 0 Å². The molecule has 0 atom stereocenters. The SMILES string of the molecule is CCNC(=NCc1ccc2c(c1)OCO2)NCC(=O)NCc1ccco1. The molecule has 1 aliphatic heterocycles. The number of aliphatic imine (C=N–C) groups is 1. The summed E-state index contributed by atoms with van der Waals surface area (Å²) < 4.78 is 15.8. The molecule has 26 heavy (non-hydrogen) atoms. The number of hydrogen-bond donors (Lipinski definition) is 3. The largest absolute Gasteiger partial charge is 0.467 e. The van der Waals surface area contributed by atoms with E-state index >= 15 is 0 Å². The van der Waals surface area contributed by atoms with Crippen LogP contribution in [0, 0.1) is 0 Å². The number of ether oxygens (including phenoxy) is 2.